The summed E-state index contributed by atoms with van der Waals surface area (Å²) >= 11 is 1.58. The lowest BCUT2D eigenvalue weighted by atomic mass is 10.2. The molecule has 0 aliphatic carbocycles. The smallest absolute Gasteiger partial charge is 0.225 e. The van der Waals surface area contributed by atoms with Gasteiger partial charge in [0.2, 0.25) is 5.91 Å². The van der Waals surface area contributed by atoms with Gasteiger partial charge in [0.25, 0.3) is 0 Å². The van der Waals surface area contributed by atoms with E-state index in [1.807, 2.05) is 41.8 Å². The number of thiophene rings is 1. The number of halogens is 1. The highest BCUT2D eigenvalue weighted by molar-refractivity contribution is 7.10. The topological polar surface area (TPSA) is 38.3 Å². The van der Waals surface area contributed by atoms with Gasteiger partial charge < -0.3 is 10.1 Å². The first kappa shape index (κ1) is 17.2. The summed E-state index contributed by atoms with van der Waals surface area (Å²) in [6.07, 6.45) is 0.413. The molecule has 1 aromatic heterocycles. The van der Waals surface area contributed by atoms with Crippen LogP contribution in [0.1, 0.15) is 16.0 Å². The fraction of sp³-hybridized carbons (Fsp3) is 0.150. The van der Waals surface area contributed by atoms with Crippen molar-refractivity contribution in [1.82, 2.24) is 5.32 Å². The number of amides is 1. The molecule has 0 saturated heterocycles. The monoisotopic (exact) mass is 355 g/mol. The number of ether oxygens (including phenoxy) is 1. The van der Waals surface area contributed by atoms with Crippen LogP contribution in [-0.2, 0) is 24.4 Å². The van der Waals surface area contributed by atoms with Crippen molar-refractivity contribution in [2.45, 2.75) is 19.6 Å². The van der Waals surface area contributed by atoms with Gasteiger partial charge in [0.05, 0.1) is 6.42 Å². The van der Waals surface area contributed by atoms with E-state index in [0.717, 1.165) is 21.8 Å². The minimum atomic E-state index is -0.255. The summed E-state index contributed by atoms with van der Waals surface area (Å²) in [6.45, 7) is 0.875. The third kappa shape index (κ3) is 5.43. The van der Waals surface area contributed by atoms with Crippen LogP contribution >= 0.6 is 11.3 Å². The minimum absolute atomic E-state index is 0.0130. The van der Waals surface area contributed by atoms with Crippen LogP contribution < -0.4 is 10.1 Å². The minimum Gasteiger partial charge on any atom is -0.489 e. The molecule has 0 radical (unpaired) electrons. The molecule has 1 amide bonds. The normalized spacial score (nSPS) is 10.4. The molecule has 3 nitrogen and oxygen atoms in total. The Bertz CT molecular complexity index is 799. The van der Waals surface area contributed by atoms with Gasteiger partial charge in [0, 0.05) is 11.4 Å². The predicted octanol–water partition coefficient (Wildman–Crippen LogP) is 4.33. The van der Waals surface area contributed by atoms with Crippen molar-refractivity contribution in [3.8, 4) is 5.75 Å². The van der Waals surface area contributed by atoms with E-state index in [4.69, 9.17) is 4.74 Å². The maximum Gasteiger partial charge on any atom is 0.225 e. The highest BCUT2D eigenvalue weighted by Gasteiger charge is 2.04. The lowest BCUT2D eigenvalue weighted by Gasteiger charge is -2.08. The van der Waals surface area contributed by atoms with Crippen molar-refractivity contribution in [3.63, 3.8) is 0 Å². The van der Waals surface area contributed by atoms with Crippen LogP contribution in [0.4, 0.5) is 4.39 Å². The number of carbonyl (C=O) groups excluding carboxylic acids is 1. The van der Waals surface area contributed by atoms with Crippen LogP contribution in [-0.4, -0.2) is 5.91 Å². The van der Waals surface area contributed by atoms with E-state index >= 15 is 0 Å². The summed E-state index contributed by atoms with van der Waals surface area (Å²) in [5, 5.41) is 4.88. The van der Waals surface area contributed by atoms with Crippen molar-refractivity contribution >= 4 is 17.2 Å². The van der Waals surface area contributed by atoms with Gasteiger partial charge in [-0.15, -0.1) is 11.3 Å². The molecular formula is C20H18FNO2S. The fourth-order valence-electron chi connectivity index (χ4n) is 2.29. The number of carbonyl (C=O) groups is 1. The first-order chi connectivity index (χ1) is 12.2. The van der Waals surface area contributed by atoms with Crippen molar-refractivity contribution < 1.29 is 13.9 Å². The number of nitrogens with one attached hydrogen (secondary N) is 1. The van der Waals surface area contributed by atoms with E-state index in [9.17, 15) is 9.18 Å². The molecule has 25 heavy (non-hydrogen) atoms. The Morgan fingerprint density at radius 3 is 2.40 bits per heavy atom. The molecule has 0 atom stereocenters. The van der Waals surface area contributed by atoms with E-state index in [0.29, 0.717) is 19.6 Å². The van der Waals surface area contributed by atoms with Gasteiger partial charge in [0.15, 0.2) is 0 Å². The number of hydrogen-bond acceptors (Lipinski definition) is 3. The predicted molar refractivity (Wildman–Crippen MR) is 97.0 cm³/mol. The average molecular weight is 355 g/mol. The maximum absolute atomic E-state index is 12.9. The van der Waals surface area contributed by atoms with Crippen molar-refractivity contribution in [2.24, 2.45) is 0 Å². The SMILES string of the molecule is O=C(Cc1cccs1)NCc1ccc(OCc2ccc(F)cc2)cc1. The zero-order chi connectivity index (χ0) is 17.5. The number of rotatable bonds is 7. The largest absolute Gasteiger partial charge is 0.489 e. The van der Waals surface area contributed by atoms with Crippen LogP contribution in [0.5, 0.6) is 5.75 Å². The molecule has 128 valence electrons. The lowest BCUT2D eigenvalue weighted by molar-refractivity contribution is -0.120. The maximum atomic E-state index is 12.9. The summed E-state index contributed by atoms with van der Waals surface area (Å²) < 4.78 is 18.5. The first-order valence-electron chi connectivity index (χ1n) is 7.94. The lowest BCUT2D eigenvalue weighted by Crippen LogP contribution is -2.24. The summed E-state index contributed by atoms with van der Waals surface area (Å²) in [6, 6.07) is 17.7. The van der Waals surface area contributed by atoms with Crippen molar-refractivity contribution in [1.29, 1.82) is 0 Å². The molecule has 5 heteroatoms. The van der Waals surface area contributed by atoms with Crippen LogP contribution in [0.25, 0.3) is 0 Å². The van der Waals surface area contributed by atoms with Gasteiger partial charge in [-0.2, -0.15) is 0 Å². The standard InChI is InChI=1S/C20H18FNO2S/c21-17-7-3-16(4-8-17)14-24-18-9-5-15(6-10-18)13-22-20(23)12-19-2-1-11-25-19/h1-11H,12-14H2,(H,22,23). The highest BCUT2D eigenvalue weighted by atomic mass is 32.1. The molecular weight excluding hydrogens is 337 g/mol. The van der Waals surface area contributed by atoms with Crippen molar-refractivity contribution in [2.75, 3.05) is 0 Å². The van der Waals surface area contributed by atoms with Gasteiger partial charge in [-0.3, -0.25) is 4.79 Å². The van der Waals surface area contributed by atoms with E-state index < -0.39 is 0 Å². The quantitative estimate of drug-likeness (QED) is 0.685. The summed E-state index contributed by atoms with van der Waals surface area (Å²) in [5.41, 5.74) is 1.92. The van der Waals surface area contributed by atoms with Crippen LogP contribution in [0.2, 0.25) is 0 Å². The average Bonchev–Trinajstić information content (AvgIpc) is 3.13. The molecule has 0 bridgehead atoms. The number of benzene rings is 2. The van der Waals surface area contributed by atoms with E-state index in [-0.39, 0.29) is 11.7 Å². The Kier molecular flexibility index (Phi) is 5.80. The van der Waals surface area contributed by atoms with Gasteiger partial charge in [-0.05, 0) is 46.8 Å². The molecule has 3 rings (SSSR count). The Morgan fingerprint density at radius 2 is 1.72 bits per heavy atom. The summed E-state index contributed by atoms with van der Waals surface area (Å²) in [4.78, 5) is 12.9. The van der Waals surface area contributed by atoms with Gasteiger partial charge in [-0.1, -0.05) is 30.3 Å². The molecule has 0 unspecified atom stereocenters. The molecule has 0 aliphatic rings. The third-order valence-electron chi connectivity index (χ3n) is 3.65. The first-order valence-corrected chi connectivity index (χ1v) is 8.82. The molecule has 3 aromatic rings. The van der Waals surface area contributed by atoms with E-state index in [2.05, 4.69) is 5.32 Å². The van der Waals surface area contributed by atoms with Gasteiger partial charge in [-0.25, -0.2) is 4.39 Å². The summed E-state index contributed by atoms with van der Waals surface area (Å²) in [5.74, 6) is 0.492. The Hall–Kier alpha value is -2.66. The summed E-state index contributed by atoms with van der Waals surface area (Å²) in [7, 11) is 0. The third-order valence-corrected chi connectivity index (χ3v) is 4.52. The van der Waals surface area contributed by atoms with E-state index in [1.54, 1.807) is 23.5 Å². The molecule has 0 fully saturated rings. The second-order valence-corrected chi connectivity index (χ2v) is 6.62. The highest BCUT2D eigenvalue weighted by Crippen LogP contribution is 2.15. The van der Waals surface area contributed by atoms with E-state index in [1.165, 1.54) is 12.1 Å². The zero-order valence-corrected chi connectivity index (χ0v) is 14.4. The van der Waals surface area contributed by atoms with Crippen molar-refractivity contribution in [3.05, 3.63) is 87.9 Å². The zero-order valence-electron chi connectivity index (χ0n) is 13.6. The Morgan fingerprint density at radius 1 is 1.00 bits per heavy atom. The Labute approximate surface area is 150 Å². The molecule has 1 N–H and O–H groups in total. The second-order valence-electron chi connectivity index (χ2n) is 5.59. The van der Waals surface area contributed by atoms with Gasteiger partial charge in [0.1, 0.15) is 18.2 Å². The van der Waals surface area contributed by atoms with Crippen LogP contribution in [0, 0.1) is 5.82 Å². The second kappa shape index (κ2) is 8.44. The number of hydrogen-bond donors (Lipinski definition) is 1. The fourth-order valence-corrected chi connectivity index (χ4v) is 2.99. The van der Waals surface area contributed by atoms with Gasteiger partial charge >= 0.3 is 0 Å². The molecule has 0 aliphatic heterocycles. The molecule has 2 aromatic carbocycles. The van der Waals surface area contributed by atoms with Crippen LogP contribution in [0.15, 0.2) is 66.0 Å². The molecule has 0 spiro atoms. The molecule has 1 heterocycles. The van der Waals surface area contributed by atoms with Crippen LogP contribution in [0.3, 0.4) is 0 Å². The molecule has 0 saturated carbocycles. The Balaban J connectivity index is 1.45.